The molecule has 2 aromatic rings. The molecule has 1 amide bonds. The molecule has 0 saturated heterocycles. The van der Waals surface area contributed by atoms with Gasteiger partial charge in [0.2, 0.25) is 0 Å². The Balaban J connectivity index is 1.90. The van der Waals surface area contributed by atoms with E-state index < -0.39 is 12.0 Å². The highest BCUT2D eigenvalue weighted by Gasteiger charge is 2.38. The highest BCUT2D eigenvalue weighted by molar-refractivity contribution is 5.97. The van der Waals surface area contributed by atoms with Crippen LogP contribution >= 0.6 is 0 Å². The lowest BCUT2D eigenvalue weighted by molar-refractivity contribution is -0.141. The number of carbonyl (C=O) groups excluding carboxylic acids is 1. The van der Waals surface area contributed by atoms with Gasteiger partial charge in [-0.3, -0.25) is 9.36 Å². The molecule has 1 fully saturated rings. The Morgan fingerprint density at radius 1 is 1.41 bits per heavy atom. The highest BCUT2D eigenvalue weighted by Crippen LogP contribution is 2.30. The molecule has 0 aromatic carbocycles. The summed E-state index contributed by atoms with van der Waals surface area (Å²) in [6.07, 6.45) is 8.19. The van der Waals surface area contributed by atoms with Crippen LogP contribution in [0, 0.1) is 0 Å². The lowest BCUT2D eigenvalue weighted by Crippen LogP contribution is -2.44. The molecule has 1 aliphatic carbocycles. The van der Waals surface area contributed by atoms with E-state index >= 15 is 0 Å². The van der Waals surface area contributed by atoms with Crippen molar-refractivity contribution >= 4 is 11.9 Å². The normalized spacial score (nSPS) is 15.3. The monoisotopic (exact) mass is 300 g/mol. The summed E-state index contributed by atoms with van der Waals surface area (Å²) in [6, 6.07) is 2.43. The molecule has 1 saturated carbocycles. The molecule has 0 spiro atoms. The Hall–Kier alpha value is -2.70. The van der Waals surface area contributed by atoms with Crippen LogP contribution in [0.15, 0.2) is 37.1 Å². The molecular weight excluding hydrogens is 284 g/mol. The van der Waals surface area contributed by atoms with Crippen LogP contribution in [-0.4, -0.2) is 48.5 Å². The number of imidazole rings is 1. The Labute approximate surface area is 127 Å². The van der Waals surface area contributed by atoms with Gasteiger partial charge in [0.05, 0.1) is 0 Å². The Bertz CT molecular complexity index is 695. The van der Waals surface area contributed by atoms with Gasteiger partial charge in [-0.15, -0.1) is 0 Å². The SMILES string of the molecule is CC(C(=O)O)N(C(=O)c1ccnc(-n2ccnc2)c1)C1CC1. The molecule has 3 rings (SSSR count). The fourth-order valence-electron chi connectivity index (χ4n) is 2.37. The number of amides is 1. The lowest BCUT2D eigenvalue weighted by atomic mass is 10.2. The smallest absolute Gasteiger partial charge is 0.326 e. The maximum atomic E-state index is 12.7. The fraction of sp³-hybridized carbons (Fsp3) is 0.333. The van der Waals surface area contributed by atoms with Crippen molar-refractivity contribution in [3.8, 4) is 5.82 Å². The summed E-state index contributed by atoms with van der Waals surface area (Å²) in [5.74, 6) is -0.702. The molecule has 0 aliphatic heterocycles. The second-order valence-corrected chi connectivity index (χ2v) is 5.33. The van der Waals surface area contributed by atoms with E-state index in [1.54, 1.807) is 41.6 Å². The van der Waals surface area contributed by atoms with Gasteiger partial charge in [-0.1, -0.05) is 0 Å². The summed E-state index contributed by atoms with van der Waals surface area (Å²) < 4.78 is 1.69. The minimum absolute atomic E-state index is 0.0171. The lowest BCUT2D eigenvalue weighted by Gasteiger charge is -2.26. The molecule has 1 N–H and O–H groups in total. The number of hydrogen-bond acceptors (Lipinski definition) is 4. The van der Waals surface area contributed by atoms with E-state index in [2.05, 4.69) is 9.97 Å². The standard InChI is InChI=1S/C15H16N4O3/c1-10(15(21)22)19(12-2-3-12)14(20)11-4-5-17-13(8-11)18-7-6-16-9-18/h4-10,12H,2-3H2,1H3,(H,21,22). The van der Waals surface area contributed by atoms with E-state index in [0.717, 1.165) is 12.8 Å². The van der Waals surface area contributed by atoms with E-state index in [1.807, 2.05) is 0 Å². The number of carboxylic acids is 1. The summed E-state index contributed by atoms with van der Waals surface area (Å²) in [6.45, 7) is 1.54. The van der Waals surface area contributed by atoms with Crippen LogP contribution in [-0.2, 0) is 4.79 Å². The molecular formula is C15H16N4O3. The van der Waals surface area contributed by atoms with Gasteiger partial charge in [-0.25, -0.2) is 14.8 Å². The van der Waals surface area contributed by atoms with Crippen LogP contribution in [0.2, 0.25) is 0 Å². The average Bonchev–Trinajstić information content (AvgIpc) is 3.19. The second kappa shape index (κ2) is 5.59. The van der Waals surface area contributed by atoms with Crippen molar-refractivity contribution < 1.29 is 14.7 Å². The number of aromatic nitrogens is 3. The summed E-state index contributed by atoms with van der Waals surface area (Å²) in [5.41, 5.74) is 0.429. The molecule has 2 aromatic heterocycles. The van der Waals surface area contributed by atoms with E-state index in [4.69, 9.17) is 0 Å². The number of aliphatic carboxylic acids is 1. The molecule has 1 aliphatic rings. The van der Waals surface area contributed by atoms with Crippen molar-refractivity contribution in [2.45, 2.75) is 31.8 Å². The van der Waals surface area contributed by atoms with Gasteiger partial charge in [0.25, 0.3) is 5.91 Å². The van der Waals surface area contributed by atoms with Gasteiger partial charge < -0.3 is 10.0 Å². The number of rotatable bonds is 5. The van der Waals surface area contributed by atoms with Gasteiger partial charge in [0.1, 0.15) is 18.2 Å². The van der Waals surface area contributed by atoms with Crippen molar-refractivity contribution in [2.24, 2.45) is 0 Å². The minimum atomic E-state index is -0.996. The van der Waals surface area contributed by atoms with Crippen molar-refractivity contribution in [3.05, 3.63) is 42.6 Å². The van der Waals surface area contributed by atoms with Gasteiger partial charge in [-0.2, -0.15) is 0 Å². The van der Waals surface area contributed by atoms with E-state index in [9.17, 15) is 14.7 Å². The Kier molecular flexibility index (Phi) is 3.62. The van der Waals surface area contributed by atoms with Crippen LogP contribution in [0.1, 0.15) is 30.1 Å². The number of carboxylic acid groups (broad SMARTS) is 1. The molecule has 7 nitrogen and oxygen atoms in total. The zero-order chi connectivity index (χ0) is 15.7. The van der Waals surface area contributed by atoms with Crippen molar-refractivity contribution in [1.29, 1.82) is 0 Å². The molecule has 1 atom stereocenters. The van der Waals surface area contributed by atoms with E-state index in [-0.39, 0.29) is 11.9 Å². The number of carbonyl (C=O) groups is 2. The molecule has 2 heterocycles. The third kappa shape index (κ3) is 2.69. The molecule has 1 unspecified atom stereocenters. The summed E-state index contributed by atoms with van der Waals surface area (Å²) in [4.78, 5) is 33.5. The number of pyridine rings is 1. The Morgan fingerprint density at radius 2 is 2.18 bits per heavy atom. The Morgan fingerprint density at radius 3 is 2.77 bits per heavy atom. The van der Waals surface area contributed by atoms with Gasteiger partial charge in [-0.05, 0) is 31.9 Å². The highest BCUT2D eigenvalue weighted by atomic mass is 16.4. The van der Waals surface area contributed by atoms with Crippen LogP contribution < -0.4 is 0 Å². The van der Waals surface area contributed by atoms with E-state index in [0.29, 0.717) is 11.4 Å². The second-order valence-electron chi connectivity index (χ2n) is 5.33. The van der Waals surface area contributed by atoms with Gasteiger partial charge >= 0.3 is 5.97 Å². The quantitative estimate of drug-likeness (QED) is 0.900. The zero-order valence-corrected chi connectivity index (χ0v) is 12.1. The van der Waals surface area contributed by atoms with Crippen molar-refractivity contribution in [1.82, 2.24) is 19.4 Å². The molecule has 114 valence electrons. The molecule has 22 heavy (non-hydrogen) atoms. The van der Waals surface area contributed by atoms with Crippen LogP contribution in [0.4, 0.5) is 0 Å². The first-order valence-corrected chi connectivity index (χ1v) is 7.08. The predicted molar refractivity (Wildman–Crippen MR) is 77.6 cm³/mol. The largest absolute Gasteiger partial charge is 0.480 e. The van der Waals surface area contributed by atoms with Crippen LogP contribution in [0.3, 0.4) is 0 Å². The van der Waals surface area contributed by atoms with Gasteiger partial charge in [0.15, 0.2) is 0 Å². The topological polar surface area (TPSA) is 88.3 Å². The first-order chi connectivity index (χ1) is 10.6. The maximum absolute atomic E-state index is 12.7. The molecule has 0 radical (unpaired) electrons. The van der Waals surface area contributed by atoms with Crippen LogP contribution in [0.25, 0.3) is 5.82 Å². The minimum Gasteiger partial charge on any atom is -0.480 e. The van der Waals surface area contributed by atoms with Crippen LogP contribution in [0.5, 0.6) is 0 Å². The third-order valence-electron chi connectivity index (χ3n) is 3.71. The van der Waals surface area contributed by atoms with Gasteiger partial charge in [0, 0.05) is 30.2 Å². The van der Waals surface area contributed by atoms with Crippen molar-refractivity contribution in [3.63, 3.8) is 0 Å². The first kappa shape index (κ1) is 14.2. The first-order valence-electron chi connectivity index (χ1n) is 7.08. The number of nitrogens with zero attached hydrogens (tertiary/aromatic N) is 4. The third-order valence-corrected chi connectivity index (χ3v) is 3.71. The zero-order valence-electron chi connectivity index (χ0n) is 12.1. The summed E-state index contributed by atoms with van der Waals surface area (Å²) in [5, 5.41) is 9.21. The maximum Gasteiger partial charge on any atom is 0.326 e. The summed E-state index contributed by atoms with van der Waals surface area (Å²) >= 11 is 0. The molecule has 7 heteroatoms. The predicted octanol–water partition coefficient (Wildman–Crippen LogP) is 1.35. The summed E-state index contributed by atoms with van der Waals surface area (Å²) in [7, 11) is 0. The number of hydrogen-bond donors (Lipinski definition) is 1. The molecule has 0 bridgehead atoms. The fourth-order valence-corrected chi connectivity index (χ4v) is 2.37. The average molecular weight is 300 g/mol. The van der Waals surface area contributed by atoms with E-state index in [1.165, 1.54) is 11.8 Å². The van der Waals surface area contributed by atoms with Crippen molar-refractivity contribution in [2.75, 3.05) is 0 Å².